The maximum atomic E-state index is 14.5. The first kappa shape index (κ1) is 33.9. The summed E-state index contributed by atoms with van der Waals surface area (Å²) >= 11 is 0.442. The zero-order valence-corrected chi connectivity index (χ0v) is 26.3. The number of carbonyl (C=O) groups is 1. The van der Waals surface area contributed by atoms with Crippen molar-refractivity contribution in [3.8, 4) is 0 Å². The monoisotopic (exact) mass is 729 g/mol. The molecule has 4 aromatic carbocycles. The average Bonchev–Trinajstić information content (AvgIpc) is 3.47. The molecular weight excluding hydrogens is 715 g/mol. The summed E-state index contributed by atoms with van der Waals surface area (Å²) in [5.41, 5.74) is -2.67. The van der Waals surface area contributed by atoms with Crippen molar-refractivity contribution in [3.05, 3.63) is 131 Å². The molecule has 0 aliphatic rings. The van der Waals surface area contributed by atoms with Crippen molar-refractivity contribution >= 4 is 81.2 Å². The molecule has 1 heterocycles. The van der Waals surface area contributed by atoms with E-state index in [1.807, 2.05) is 0 Å². The van der Waals surface area contributed by atoms with E-state index in [0.29, 0.717) is 11.3 Å². The number of rotatable bonds is 10. The number of urea groups is 1. The number of benzene rings is 4. The van der Waals surface area contributed by atoms with E-state index in [2.05, 4.69) is 4.98 Å². The molecule has 1 aromatic heterocycles. The number of non-ortho nitro benzene ring substituents is 4. The van der Waals surface area contributed by atoms with Gasteiger partial charge in [0.05, 0.1) is 45.4 Å². The van der Waals surface area contributed by atoms with Gasteiger partial charge < -0.3 is 0 Å². The van der Waals surface area contributed by atoms with Crippen molar-refractivity contribution < 1.29 is 41.3 Å². The number of carbonyl (C=O) groups excluding carboxylic acids is 1. The first-order valence-corrected chi connectivity index (χ1v) is 16.6. The maximum Gasteiger partial charge on any atom is 0.359 e. The predicted molar refractivity (Wildman–Crippen MR) is 170 cm³/mol. The minimum Gasteiger partial charge on any atom is -0.258 e. The third kappa shape index (κ3) is 6.42. The molecule has 0 spiro atoms. The standard InChI is InChI=1S/C26H15N7O13S3/c34-26(28(16-1-3-17(4-2-16)30(35)36)48(43,44)21-10-5-18(6-11-21)31(37)38)29(49(45,46)22-12-7-19(8-13-22)32(39)40)25-27-23-14-9-20(33(41)42)15-24(23)47-25/h1-15H. The van der Waals surface area contributed by atoms with E-state index in [-0.39, 0.29) is 18.8 Å². The van der Waals surface area contributed by atoms with E-state index < -0.39 is 89.1 Å². The zero-order chi connectivity index (χ0) is 35.8. The Morgan fingerprint density at radius 3 is 1.39 bits per heavy atom. The van der Waals surface area contributed by atoms with Gasteiger partial charge in [0.1, 0.15) is 0 Å². The van der Waals surface area contributed by atoms with Crippen LogP contribution in [0.25, 0.3) is 10.2 Å². The summed E-state index contributed by atoms with van der Waals surface area (Å²) in [7, 11) is -10.4. The van der Waals surface area contributed by atoms with E-state index >= 15 is 0 Å². The second-order valence-corrected chi connectivity index (χ2v) is 14.1. The number of hydrogen-bond donors (Lipinski definition) is 0. The first-order chi connectivity index (χ1) is 23.0. The molecule has 0 atom stereocenters. The second kappa shape index (κ2) is 12.6. The van der Waals surface area contributed by atoms with Gasteiger partial charge in [-0.3, -0.25) is 40.5 Å². The molecule has 2 amide bonds. The topological polar surface area (TPSA) is 277 Å². The fourth-order valence-corrected chi connectivity index (χ4v) is 8.18. The van der Waals surface area contributed by atoms with Crippen molar-refractivity contribution in [2.45, 2.75) is 9.79 Å². The van der Waals surface area contributed by atoms with Gasteiger partial charge in [0.25, 0.3) is 42.8 Å². The fourth-order valence-electron chi connectivity index (χ4n) is 4.22. The summed E-state index contributed by atoms with van der Waals surface area (Å²) in [6, 6.07) is 11.0. The molecule has 5 aromatic rings. The van der Waals surface area contributed by atoms with Crippen LogP contribution in [0.3, 0.4) is 0 Å². The SMILES string of the molecule is O=C(N(c1ccc([N+](=O)[O-])cc1)S(=O)(=O)c1ccc([N+](=O)[O-])cc1)N(c1nc2ccc([N+](=O)[O-])cc2s1)S(=O)(=O)c1ccc([N+](=O)[O-])cc1. The lowest BCUT2D eigenvalue weighted by Gasteiger charge is -2.28. The van der Waals surface area contributed by atoms with Crippen molar-refractivity contribution in [3.63, 3.8) is 0 Å². The van der Waals surface area contributed by atoms with Crippen LogP contribution in [-0.2, 0) is 20.0 Å². The van der Waals surface area contributed by atoms with E-state index in [1.165, 1.54) is 0 Å². The number of nitrogens with zero attached hydrogens (tertiary/aromatic N) is 7. The van der Waals surface area contributed by atoms with Crippen LogP contribution < -0.4 is 8.61 Å². The van der Waals surface area contributed by atoms with Crippen LogP contribution in [0.1, 0.15) is 0 Å². The highest BCUT2D eigenvalue weighted by Gasteiger charge is 2.43. The summed E-state index contributed by atoms with van der Waals surface area (Å²) < 4.78 is 56.5. The normalized spacial score (nSPS) is 11.5. The van der Waals surface area contributed by atoms with Crippen LogP contribution in [0.4, 0.5) is 38.4 Å². The largest absolute Gasteiger partial charge is 0.359 e. The van der Waals surface area contributed by atoms with Crippen molar-refractivity contribution in [2.75, 3.05) is 8.61 Å². The van der Waals surface area contributed by atoms with E-state index in [0.717, 1.165) is 91.0 Å². The number of hydrogen-bond acceptors (Lipinski definition) is 15. The number of amides is 2. The van der Waals surface area contributed by atoms with Gasteiger partial charge in [0.2, 0.25) is 5.13 Å². The Kier molecular flexibility index (Phi) is 8.73. The Balaban J connectivity index is 1.77. The summed E-state index contributed by atoms with van der Waals surface area (Å²) in [5.74, 6) is 0. The number of sulfonamides is 2. The maximum absolute atomic E-state index is 14.5. The molecule has 0 aliphatic heterocycles. The molecule has 0 bridgehead atoms. The van der Waals surface area contributed by atoms with Crippen LogP contribution in [0.2, 0.25) is 0 Å². The van der Waals surface area contributed by atoms with Crippen LogP contribution in [0.15, 0.2) is 101 Å². The first-order valence-electron chi connectivity index (χ1n) is 13.0. The van der Waals surface area contributed by atoms with Crippen LogP contribution >= 0.6 is 11.3 Å². The average molecular weight is 730 g/mol. The molecule has 0 unspecified atom stereocenters. The zero-order valence-electron chi connectivity index (χ0n) is 23.8. The molecule has 0 fully saturated rings. The molecule has 0 saturated heterocycles. The molecule has 0 radical (unpaired) electrons. The number of nitro benzene ring substituents is 4. The highest BCUT2D eigenvalue weighted by molar-refractivity contribution is 7.95. The van der Waals surface area contributed by atoms with Crippen molar-refractivity contribution in [1.82, 2.24) is 4.98 Å². The highest BCUT2D eigenvalue weighted by Crippen LogP contribution is 2.37. The molecule has 0 aliphatic carbocycles. The number of anilines is 2. The fraction of sp³-hybridized carbons (Fsp3) is 0. The van der Waals surface area contributed by atoms with Gasteiger partial charge in [-0.15, -0.1) is 0 Å². The van der Waals surface area contributed by atoms with Gasteiger partial charge in [0.15, 0.2) is 0 Å². The minimum atomic E-state index is -5.23. The third-order valence-corrected chi connectivity index (χ3v) is 11.1. The number of nitro groups is 4. The van der Waals surface area contributed by atoms with Crippen molar-refractivity contribution in [2.24, 2.45) is 0 Å². The van der Waals surface area contributed by atoms with Crippen molar-refractivity contribution in [1.29, 1.82) is 0 Å². The Bertz CT molecular complexity index is 2400. The number of aromatic nitrogens is 1. The molecule has 49 heavy (non-hydrogen) atoms. The molecule has 23 heteroatoms. The van der Waals surface area contributed by atoms with Gasteiger partial charge in [-0.2, -0.15) is 8.61 Å². The van der Waals surface area contributed by atoms with Crippen LogP contribution in [0.5, 0.6) is 0 Å². The molecule has 250 valence electrons. The van der Waals surface area contributed by atoms with Gasteiger partial charge >= 0.3 is 6.03 Å². The predicted octanol–water partition coefficient (Wildman–Crippen LogP) is 5.14. The summed E-state index contributed by atoms with van der Waals surface area (Å²) in [5, 5.41) is 44.3. The summed E-state index contributed by atoms with van der Waals surface area (Å²) in [4.78, 5) is 58.9. The molecule has 0 N–H and O–H groups in total. The molecule has 20 nitrogen and oxygen atoms in total. The van der Waals surface area contributed by atoms with E-state index in [4.69, 9.17) is 0 Å². The van der Waals surface area contributed by atoms with Crippen LogP contribution in [-0.4, -0.2) is 47.5 Å². The van der Waals surface area contributed by atoms with E-state index in [9.17, 15) is 62.1 Å². The van der Waals surface area contributed by atoms with E-state index in [1.54, 1.807) is 0 Å². The minimum absolute atomic E-state index is 0.000937. The van der Waals surface area contributed by atoms with Gasteiger partial charge in [-0.05, 0) is 42.5 Å². The Morgan fingerprint density at radius 1 is 0.571 bits per heavy atom. The van der Waals surface area contributed by atoms with Gasteiger partial charge in [-0.25, -0.2) is 26.6 Å². The quantitative estimate of drug-likeness (QED) is 0.133. The lowest BCUT2D eigenvalue weighted by Crippen LogP contribution is -2.49. The molecular formula is C26H15N7O13S3. The Labute approximate surface area is 276 Å². The van der Waals surface area contributed by atoms with Gasteiger partial charge in [-0.1, -0.05) is 11.3 Å². The smallest absolute Gasteiger partial charge is 0.258 e. The summed E-state index contributed by atoms with van der Waals surface area (Å²) in [6.07, 6.45) is 0. The Morgan fingerprint density at radius 2 is 0.959 bits per heavy atom. The second-order valence-electron chi connectivity index (χ2n) is 9.50. The lowest BCUT2D eigenvalue weighted by atomic mass is 10.3. The number of thiazole rings is 1. The Hall–Kier alpha value is -6.46. The molecule has 0 saturated carbocycles. The lowest BCUT2D eigenvalue weighted by molar-refractivity contribution is -0.385. The summed E-state index contributed by atoms with van der Waals surface area (Å²) in [6.45, 7) is 0. The number of fused-ring (bicyclic) bond motifs is 1. The van der Waals surface area contributed by atoms with Gasteiger partial charge in [0, 0.05) is 48.5 Å². The third-order valence-electron chi connectivity index (χ3n) is 6.56. The van der Waals surface area contributed by atoms with Crippen LogP contribution in [0, 0.1) is 40.5 Å². The molecule has 5 rings (SSSR count). The highest BCUT2D eigenvalue weighted by atomic mass is 32.2.